The van der Waals surface area contributed by atoms with Crippen LogP contribution in [0, 0.1) is 11.8 Å². The maximum Gasteiger partial charge on any atom is 0.254 e. The minimum atomic E-state index is 0.117. The molecule has 1 aliphatic heterocycles. The molecule has 0 unspecified atom stereocenters. The first-order chi connectivity index (χ1) is 13.2. The molecule has 1 saturated heterocycles. The molecule has 2 fully saturated rings. The number of aromatic nitrogens is 2. The van der Waals surface area contributed by atoms with Gasteiger partial charge >= 0.3 is 0 Å². The molecule has 4 nitrogen and oxygen atoms in total. The number of nitrogens with zero attached hydrogens (tertiary/aromatic N) is 3. The van der Waals surface area contributed by atoms with Gasteiger partial charge in [-0.3, -0.25) is 9.78 Å². The third-order valence-corrected chi connectivity index (χ3v) is 6.48. The van der Waals surface area contributed by atoms with Crippen LogP contribution in [-0.4, -0.2) is 33.9 Å². The Kier molecular flexibility index (Phi) is 4.20. The van der Waals surface area contributed by atoms with Crippen molar-refractivity contribution in [2.24, 2.45) is 11.8 Å². The summed E-state index contributed by atoms with van der Waals surface area (Å²) in [7, 11) is 0. The molecular formula is C22H20BrN3O. The first kappa shape index (κ1) is 16.9. The van der Waals surface area contributed by atoms with Crippen LogP contribution in [0.3, 0.4) is 0 Å². The number of rotatable bonds is 3. The van der Waals surface area contributed by atoms with E-state index in [-0.39, 0.29) is 5.91 Å². The number of fused-ring (bicyclic) bond motifs is 1. The van der Waals surface area contributed by atoms with E-state index in [4.69, 9.17) is 4.98 Å². The van der Waals surface area contributed by atoms with E-state index < -0.39 is 0 Å². The van der Waals surface area contributed by atoms with Gasteiger partial charge in [0.2, 0.25) is 0 Å². The fraction of sp³-hybridized carbons (Fsp3) is 0.318. The Morgan fingerprint density at radius 1 is 1.04 bits per heavy atom. The van der Waals surface area contributed by atoms with Crippen LogP contribution in [-0.2, 0) is 0 Å². The molecule has 0 radical (unpaired) electrons. The zero-order valence-corrected chi connectivity index (χ0v) is 16.5. The molecule has 0 spiro atoms. The molecule has 2 aliphatic rings. The van der Waals surface area contributed by atoms with E-state index >= 15 is 0 Å². The SMILES string of the molecule is O=C(c1cc(-c2ccncc2)nc2ccc(Br)cc12)N1CC(C2CCC2)C1. The van der Waals surface area contributed by atoms with Gasteiger partial charge in [0.15, 0.2) is 0 Å². The number of hydrogen-bond acceptors (Lipinski definition) is 3. The van der Waals surface area contributed by atoms with Crippen molar-refractivity contribution in [3.63, 3.8) is 0 Å². The van der Waals surface area contributed by atoms with Gasteiger partial charge in [-0.25, -0.2) is 4.98 Å². The quantitative estimate of drug-likeness (QED) is 0.601. The second kappa shape index (κ2) is 6.71. The topological polar surface area (TPSA) is 46.1 Å². The zero-order chi connectivity index (χ0) is 18.4. The predicted octanol–water partition coefficient (Wildman–Crippen LogP) is 4.93. The van der Waals surface area contributed by atoms with Crippen molar-refractivity contribution in [3.05, 3.63) is 58.8 Å². The maximum absolute atomic E-state index is 13.3. The Hall–Kier alpha value is -2.27. The highest BCUT2D eigenvalue weighted by Gasteiger charge is 2.39. The average Bonchev–Trinajstić information content (AvgIpc) is 2.62. The minimum Gasteiger partial charge on any atom is -0.338 e. The van der Waals surface area contributed by atoms with Crippen LogP contribution < -0.4 is 0 Å². The van der Waals surface area contributed by atoms with E-state index in [2.05, 4.69) is 20.9 Å². The summed E-state index contributed by atoms with van der Waals surface area (Å²) in [4.78, 5) is 24.1. The van der Waals surface area contributed by atoms with Gasteiger partial charge in [0.05, 0.1) is 16.8 Å². The molecule has 0 atom stereocenters. The maximum atomic E-state index is 13.3. The lowest BCUT2D eigenvalue weighted by molar-refractivity contribution is 0.0222. The molecule has 3 aromatic rings. The average molecular weight is 422 g/mol. The number of hydrogen-bond donors (Lipinski definition) is 0. The van der Waals surface area contributed by atoms with E-state index in [0.29, 0.717) is 5.92 Å². The highest BCUT2D eigenvalue weighted by atomic mass is 79.9. The van der Waals surface area contributed by atoms with Crippen molar-refractivity contribution >= 4 is 32.7 Å². The summed E-state index contributed by atoms with van der Waals surface area (Å²) in [5, 5.41) is 0.902. The van der Waals surface area contributed by atoms with Gasteiger partial charge in [-0.05, 0) is 48.2 Å². The Morgan fingerprint density at radius 3 is 2.52 bits per heavy atom. The number of pyridine rings is 2. The molecule has 5 heteroatoms. The fourth-order valence-corrected chi connectivity index (χ4v) is 4.46. The molecule has 1 aromatic carbocycles. The van der Waals surface area contributed by atoms with Gasteiger partial charge in [0, 0.05) is 40.9 Å². The van der Waals surface area contributed by atoms with Crippen LogP contribution >= 0.6 is 15.9 Å². The monoisotopic (exact) mass is 421 g/mol. The van der Waals surface area contributed by atoms with Crippen molar-refractivity contribution < 1.29 is 4.79 Å². The number of halogens is 1. The standard InChI is InChI=1S/C22H20BrN3O/c23-17-4-5-20-18(10-17)19(11-21(25-20)15-6-8-24-9-7-15)22(27)26-12-16(13-26)14-2-1-3-14/h4-11,14,16H,1-3,12-13H2. The lowest BCUT2D eigenvalue weighted by atomic mass is 9.72. The van der Waals surface area contributed by atoms with Crippen LogP contribution in [0.1, 0.15) is 29.6 Å². The van der Waals surface area contributed by atoms with Gasteiger partial charge in [0.25, 0.3) is 5.91 Å². The first-order valence-corrected chi connectivity index (χ1v) is 10.3. The number of likely N-dealkylation sites (tertiary alicyclic amines) is 1. The lowest BCUT2D eigenvalue weighted by Crippen LogP contribution is -2.53. The Bertz CT molecular complexity index is 1010. The fourth-order valence-electron chi connectivity index (χ4n) is 4.10. The summed E-state index contributed by atoms with van der Waals surface area (Å²) in [6, 6.07) is 11.7. The third kappa shape index (κ3) is 3.04. The first-order valence-electron chi connectivity index (χ1n) is 9.49. The van der Waals surface area contributed by atoms with Crippen molar-refractivity contribution in [2.75, 3.05) is 13.1 Å². The molecule has 136 valence electrons. The van der Waals surface area contributed by atoms with E-state index in [1.54, 1.807) is 12.4 Å². The molecule has 1 aliphatic carbocycles. The summed E-state index contributed by atoms with van der Waals surface area (Å²) in [5.41, 5.74) is 3.36. The van der Waals surface area contributed by atoms with Crippen molar-refractivity contribution in [1.29, 1.82) is 0 Å². The van der Waals surface area contributed by atoms with Gasteiger partial charge in [0.1, 0.15) is 0 Å². The van der Waals surface area contributed by atoms with Crippen LogP contribution in [0.5, 0.6) is 0 Å². The van der Waals surface area contributed by atoms with Crippen LogP contribution in [0.15, 0.2) is 53.3 Å². The molecular weight excluding hydrogens is 402 g/mol. The number of benzene rings is 1. The highest BCUT2D eigenvalue weighted by Crippen LogP contribution is 2.39. The highest BCUT2D eigenvalue weighted by molar-refractivity contribution is 9.10. The summed E-state index contributed by atoms with van der Waals surface area (Å²) in [6.45, 7) is 1.79. The van der Waals surface area contributed by atoms with Crippen molar-refractivity contribution in [1.82, 2.24) is 14.9 Å². The second-order valence-electron chi connectivity index (χ2n) is 7.61. The molecule has 1 saturated carbocycles. The van der Waals surface area contributed by atoms with Gasteiger partial charge in [-0.1, -0.05) is 35.2 Å². The van der Waals surface area contributed by atoms with Gasteiger partial charge in [-0.15, -0.1) is 0 Å². The van der Waals surface area contributed by atoms with Crippen molar-refractivity contribution in [2.45, 2.75) is 19.3 Å². The Balaban J connectivity index is 1.53. The third-order valence-electron chi connectivity index (χ3n) is 5.99. The number of carbonyl (C=O) groups is 1. The molecule has 0 N–H and O–H groups in total. The summed E-state index contributed by atoms with van der Waals surface area (Å²) in [5.74, 6) is 1.65. The summed E-state index contributed by atoms with van der Waals surface area (Å²) in [6.07, 6.45) is 7.54. The van der Waals surface area contributed by atoms with Crippen LogP contribution in [0.2, 0.25) is 0 Å². The predicted molar refractivity (Wildman–Crippen MR) is 109 cm³/mol. The minimum absolute atomic E-state index is 0.117. The second-order valence-corrected chi connectivity index (χ2v) is 8.53. The van der Waals surface area contributed by atoms with Gasteiger partial charge in [-0.2, -0.15) is 0 Å². The summed E-state index contributed by atoms with van der Waals surface area (Å²) < 4.78 is 0.957. The van der Waals surface area contributed by atoms with E-state index in [0.717, 1.165) is 51.2 Å². The lowest BCUT2D eigenvalue weighted by Gasteiger charge is -2.46. The molecule has 1 amide bonds. The van der Waals surface area contributed by atoms with E-state index in [1.807, 2.05) is 41.3 Å². The number of amides is 1. The van der Waals surface area contributed by atoms with Crippen LogP contribution in [0.25, 0.3) is 22.2 Å². The Morgan fingerprint density at radius 2 is 1.81 bits per heavy atom. The number of carbonyl (C=O) groups excluding carboxylic acids is 1. The largest absolute Gasteiger partial charge is 0.338 e. The molecule has 0 bridgehead atoms. The summed E-state index contributed by atoms with van der Waals surface area (Å²) >= 11 is 3.53. The molecule has 2 aromatic heterocycles. The zero-order valence-electron chi connectivity index (χ0n) is 14.9. The molecule has 3 heterocycles. The van der Waals surface area contributed by atoms with Crippen molar-refractivity contribution in [3.8, 4) is 11.3 Å². The smallest absolute Gasteiger partial charge is 0.254 e. The molecule has 5 rings (SSSR count). The van der Waals surface area contributed by atoms with Crippen LogP contribution in [0.4, 0.5) is 0 Å². The molecule has 27 heavy (non-hydrogen) atoms. The van der Waals surface area contributed by atoms with E-state index in [1.165, 1.54) is 19.3 Å². The van der Waals surface area contributed by atoms with E-state index in [9.17, 15) is 4.79 Å². The normalized spacial score (nSPS) is 17.6. The Labute approximate surface area is 166 Å². The van der Waals surface area contributed by atoms with Gasteiger partial charge < -0.3 is 4.90 Å².